The zero-order valence-corrected chi connectivity index (χ0v) is 38.0. The Labute approximate surface area is 384 Å². The van der Waals surface area contributed by atoms with E-state index in [0.717, 1.165) is 4.90 Å². The minimum atomic E-state index is -1.55. The van der Waals surface area contributed by atoms with Gasteiger partial charge < -0.3 is 64.2 Å². The molecule has 362 valence electrons. The van der Waals surface area contributed by atoms with Gasteiger partial charge >= 0.3 is 5.97 Å². The molecule has 1 aliphatic rings. The van der Waals surface area contributed by atoms with Crippen molar-refractivity contribution in [2.45, 2.75) is 128 Å². The number of carbonyl (C=O) groups excluding carboxylic acids is 7. The van der Waals surface area contributed by atoms with E-state index in [9.17, 15) is 48.6 Å². The number of nitrogens with two attached hydrogens (primary N) is 3. The van der Waals surface area contributed by atoms with Gasteiger partial charge in [0.2, 0.25) is 41.4 Å². The molecule has 2 aromatic rings. The molecule has 7 atom stereocenters. The largest absolute Gasteiger partial charge is 0.508 e. The highest BCUT2D eigenvalue weighted by molar-refractivity contribution is 5.98. The van der Waals surface area contributed by atoms with Gasteiger partial charge in [0.1, 0.15) is 42.0 Å². The third kappa shape index (κ3) is 18.0. The first-order chi connectivity index (χ1) is 31.1. The minimum Gasteiger partial charge on any atom is -0.508 e. The molecule has 0 aromatic heterocycles. The van der Waals surface area contributed by atoms with E-state index in [4.69, 9.17) is 22.6 Å². The van der Waals surface area contributed by atoms with E-state index in [1.165, 1.54) is 12.1 Å². The number of carboxylic acids is 1. The summed E-state index contributed by atoms with van der Waals surface area (Å²) in [6.45, 7) is 7.48. The Hall–Kier alpha value is -6.77. The number of rotatable bonds is 26. The second-order valence-corrected chi connectivity index (χ2v) is 17.4. The monoisotopic (exact) mass is 922 g/mol. The summed E-state index contributed by atoms with van der Waals surface area (Å²) >= 11 is 0. The fourth-order valence-corrected chi connectivity index (χ4v) is 7.50. The highest BCUT2D eigenvalue weighted by Crippen LogP contribution is 2.20. The summed E-state index contributed by atoms with van der Waals surface area (Å²) in [5.41, 5.74) is 18.5. The fourth-order valence-electron chi connectivity index (χ4n) is 7.50. The maximum absolute atomic E-state index is 14.2. The van der Waals surface area contributed by atoms with Gasteiger partial charge in [0.15, 0.2) is 5.96 Å². The van der Waals surface area contributed by atoms with Crippen LogP contribution in [0.2, 0.25) is 0 Å². The van der Waals surface area contributed by atoms with Crippen LogP contribution in [0.25, 0.3) is 0 Å². The number of phenols is 1. The lowest BCUT2D eigenvalue weighted by atomic mass is 9.98. The summed E-state index contributed by atoms with van der Waals surface area (Å²) in [6.07, 6.45) is 0.375. The quantitative estimate of drug-likeness (QED) is 0.0314. The molecular weight excluding hydrogens is 855 g/mol. The molecule has 0 bridgehead atoms. The van der Waals surface area contributed by atoms with Crippen LogP contribution in [0.1, 0.15) is 83.8 Å². The van der Waals surface area contributed by atoms with Crippen LogP contribution in [0.5, 0.6) is 5.75 Å². The molecule has 3 rings (SSSR count). The van der Waals surface area contributed by atoms with Crippen molar-refractivity contribution in [3.05, 3.63) is 65.7 Å². The number of primary amides is 1. The Kier molecular flexibility index (Phi) is 21.3. The number of nitrogens with one attached hydrogen (secondary N) is 7. The van der Waals surface area contributed by atoms with Crippen LogP contribution in [0.3, 0.4) is 0 Å². The number of aromatic hydroxyl groups is 1. The highest BCUT2D eigenvalue weighted by atomic mass is 16.4. The number of hydrogen-bond acceptors (Lipinski definition) is 11. The SMILES string of the molecule is CC(C)C[C@H](NC(=O)[C@H](CC(C)C)NC(=O)[C@H](Cc1ccccc1)NC(=O)[C@@H](N)Cc1ccc(O)cc1)C(=O)N[C@@H](CCCNC(=N)N)C(=O)N[C@@H](CC(N)=O)C(=O)N1CCC[C@H]1C(=O)O. The number of phenolic OH excluding ortho intramolecular Hbond substituents is 1. The van der Waals surface area contributed by atoms with E-state index in [1.54, 1.807) is 42.5 Å². The Bertz CT molecular complexity index is 2000. The molecule has 0 unspecified atom stereocenters. The van der Waals surface area contributed by atoms with Gasteiger partial charge in [0.05, 0.1) is 12.5 Å². The summed E-state index contributed by atoms with van der Waals surface area (Å²) in [7, 11) is 0. The summed E-state index contributed by atoms with van der Waals surface area (Å²) in [5.74, 6) is -7.35. The summed E-state index contributed by atoms with van der Waals surface area (Å²) in [5, 5.41) is 42.8. The number of guanidine groups is 1. The molecular formula is C45H67N11O10. The van der Waals surface area contributed by atoms with Gasteiger partial charge in [-0.1, -0.05) is 70.2 Å². The van der Waals surface area contributed by atoms with E-state index in [0.29, 0.717) is 17.5 Å². The van der Waals surface area contributed by atoms with Crippen LogP contribution in [0.15, 0.2) is 54.6 Å². The first kappa shape index (κ1) is 53.6. The van der Waals surface area contributed by atoms with Gasteiger partial charge in [-0.25, -0.2) is 4.79 Å². The summed E-state index contributed by atoms with van der Waals surface area (Å²) < 4.78 is 0. The number of likely N-dealkylation sites (tertiary alicyclic amines) is 1. The third-order valence-corrected chi connectivity index (χ3v) is 10.8. The number of carboxylic acid groups (broad SMARTS) is 1. The van der Waals surface area contributed by atoms with E-state index >= 15 is 0 Å². The first-order valence-electron chi connectivity index (χ1n) is 22.1. The Morgan fingerprint density at radius 2 is 1.20 bits per heavy atom. The second-order valence-electron chi connectivity index (χ2n) is 17.4. The number of benzene rings is 2. The molecule has 0 aliphatic carbocycles. The van der Waals surface area contributed by atoms with Crippen molar-refractivity contribution in [3.63, 3.8) is 0 Å². The van der Waals surface area contributed by atoms with E-state index < -0.39 is 96.0 Å². The molecule has 0 saturated carbocycles. The van der Waals surface area contributed by atoms with Gasteiger partial charge in [-0.05, 0) is 80.0 Å². The van der Waals surface area contributed by atoms with E-state index in [1.807, 2.05) is 27.7 Å². The van der Waals surface area contributed by atoms with Gasteiger partial charge in [-0.15, -0.1) is 0 Å². The normalized spacial score (nSPS) is 16.2. The maximum atomic E-state index is 14.2. The zero-order chi connectivity index (χ0) is 49.1. The molecule has 7 amide bonds. The molecule has 1 aliphatic heterocycles. The van der Waals surface area contributed by atoms with Crippen LogP contribution >= 0.6 is 0 Å². The molecule has 21 heteroatoms. The van der Waals surface area contributed by atoms with Crippen LogP contribution < -0.4 is 49.1 Å². The van der Waals surface area contributed by atoms with Gasteiger partial charge in [0, 0.05) is 19.5 Å². The lowest BCUT2D eigenvalue weighted by Gasteiger charge is -2.29. The van der Waals surface area contributed by atoms with Crippen LogP contribution in [0.4, 0.5) is 0 Å². The van der Waals surface area contributed by atoms with Crippen molar-refractivity contribution in [1.82, 2.24) is 36.8 Å². The van der Waals surface area contributed by atoms with Gasteiger partial charge in [-0.2, -0.15) is 0 Å². The number of hydrogen-bond donors (Lipinski definition) is 12. The average molecular weight is 922 g/mol. The van der Waals surface area contributed by atoms with Crippen molar-refractivity contribution in [1.29, 1.82) is 5.41 Å². The third-order valence-electron chi connectivity index (χ3n) is 10.8. The van der Waals surface area contributed by atoms with Crippen LogP contribution in [0, 0.1) is 17.2 Å². The second kappa shape index (κ2) is 26.3. The number of amides is 7. The maximum Gasteiger partial charge on any atom is 0.326 e. The van der Waals surface area contributed by atoms with Crippen molar-refractivity contribution in [2.24, 2.45) is 29.0 Å². The van der Waals surface area contributed by atoms with Crippen molar-refractivity contribution in [2.75, 3.05) is 13.1 Å². The van der Waals surface area contributed by atoms with Crippen molar-refractivity contribution < 1.29 is 48.6 Å². The standard InChI is InChI=1S/C45H67N11O10/c1-25(2)20-32(40(61)51-31(12-8-18-50-45(48)49)39(60)55-35(24-37(47)58)43(64)56-19-9-13-36(56)44(65)66)53-41(62)33(21-26(3)4)54-42(63)34(23-27-10-6-5-7-11-27)52-38(59)30(46)22-28-14-16-29(57)17-15-28/h5-7,10-11,14-17,25-26,30-36,57H,8-9,12-13,18-24,46H2,1-4H3,(H2,47,58)(H,51,61)(H,52,59)(H,53,62)(H,54,63)(H,55,60)(H,65,66)(H4,48,49,50)/t30-,31-,32-,33-,34-,35-,36-/m0/s1. The van der Waals surface area contributed by atoms with Gasteiger partial charge in [-0.3, -0.25) is 39.0 Å². The fraction of sp³-hybridized carbons (Fsp3) is 0.533. The minimum absolute atomic E-state index is 0.0490. The molecule has 2 aromatic carbocycles. The number of carbonyl (C=O) groups is 8. The number of aliphatic carboxylic acids is 1. The summed E-state index contributed by atoms with van der Waals surface area (Å²) in [6, 6.07) is 6.32. The van der Waals surface area contributed by atoms with E-state index in [2.05, 4.69) is 31.9 Å². The van der Waals surface area contributed by atoms with E-state index in [-0.39, 0.29) is 81.6 Å². The van der Waals surface area contributed by atoms with Crippen LogP contribution in [-0.2, 0) is 51.2 Å². The topological polar surface area (TPSA) is 354 Å². The molecule has 1 heterocycles. The molecule has 0 spiro atoms. The molecule has 1 saturated heterocycles. The summed E-state index contributed by atoms with van der Waals surface area (Å²) in [4.78, 5) is 108. The molecule has 1 fully saturated rings. The van der Waals surface area contributed by atoms with Crippen molar-refractivity contribution >= 4 is 53.3 Å². The highest BCUT2D eigenvalue weighted by Gasteiger charge is 2.39. The predicted molar refractivity (Wildman–Crippen MR) is 244 cm³/mol. The lowest BCUT2D eigenvalue weighted by molar-refractivity contribution is -0.149. The zero-order valence-electron chi connectivity index (χ0n) is 38.0. The van der Waals surface area contributed by atoms with Crippen LogP contribution in [-0.4, -0.2) is 124 Å². The molecule has 15 N–H and O–H groups in total. The molecule has 0 radical (unpaired) electrons. The lowest BCUT2D eigenvalue weighted by Crippen LogP contribution is -2.60. The van der Waals surface area contributed by atoms with Gasteiger partial charge in [0.25, 0.3) is 0 Å². The average Bonchev–Trinajstić information content (AvgIpc) is 3.75. The molecule has 66 heavy (non-hydrogen) atoms. The van der Waals surface area contributed by atoms with Crippen molar-refractivity contribution in [3.8, 4) is 5.75 Å². The predicted octanol–water partition coefficient (Wildman–Crippen LogP) is -0.765. The smallest absolute Gasteiger partial charge is 0.326 e. The Morgan fingerprint density at radius 1 is 0.697 bits per heavy atom. The Balaban J connectivity index is 1.86. The molecule has 21 nitrogen and oxygen atoms in total. The number of nitrogens with zero attached hydrogens (tertiary/aromatic N) is 1. The first-order valence-corrected chi connectivity index (χ1v) is 22.1. The Morgan fingerprint density at radius 3 is 1.73 bits per heavy atom.